The standard InChI is InChI=1S/C12H27NO2S/c1-3-5-7-9-11-13(16(14)15)12-10-8-6-4-2/h3-12H2,1-2H3,(H,14,15). The molecular weight excluding hydrogens is 222 g/mol. The summed E-state index contributed by atoms with van der Waals surface area (Å²) in [5.74, 6) is 0. The van der Waals surface area contributed by atoms with Gasteiger partial charge in [0.1, 0.15) is 0 Å². The van der Waals surface area contributed by atoms with Crippen LogP contribution in [-0.4, -0.2) is 26.2 Å². The van der Waals surface area contributed by atoms with Gasteiger partial charge in [0.05, 0.1) is 0 Å². The minimum atomic E-state index is -1.78. The first-order valence-corrected chi connectivity index (χ1v) is 7.64. The molecule has 0 aliphatic heterocycles. The van der Waals surface area contributed by atoms with Gasteiger partial charge in [0.15, 0.2) is 0 Å². The highest BCUT2D eigenvalue weighted by Gasteiger charge is 2.09. The third kappa shape index (κ3) is 9.31. The topological polar surface area (TPSA) is 40.5 Å². The van der Waals surface area contributed by atoms with Crippen LogP contribution < -0.4 is 0 Å². The molecule has 0 rings (SSSR count). The van der Waals surface area contributed by atoms with Gasteiger partial charge in [-0.2, -0.15) is 0 Å². The largest absolute Gasteiger partial charge is 0.294 e. The van der Waals surface area contributed by atoms with Crippen molar-refractivity contribution in [3.05, 3.63) is 0 Å². The van der Waals surface area contributed by atoms with Crippen LogP contribution >= 0.6 is 0 Å². The smallest absolute Gasteiger partial charge is 0.234 e. The van der Waals surface area contributed by atoms with Gasteiger partial charge in [0.25, 0.3) is 0 Å². The van der Waals surface area contributed by atoms with Crippen LogP contribution in [0.15, 0.2) is 0 Å². The fourth-order valence-corrected chi connectivity index (χ4v) is 2.27. The second kappa shape index (κ2) is 11.6. The zero-order chi connectivity index (χ0) is 12.2. The molecule has 0 saturated heterocycles. The lowest BCUT2D eigenvalue weighted by Crippen LogP contribution is -2.27. The molecule has 0 fully saturated rings. The SMILES string of the molecule is CCCCCCN(CCCCCC)S(=O)O. The van der Waals surface area contributed by atoms with Crippen molar-refractivity contribution in [2.45, 2.75) is 65.2 Å². The van der Waals surface area contributed by atoms with Crippen LogP contribution in [0.25, 0.3) is 0 Å². The highest BCUT2D eigenvalue weighted by Crippen LogP contribution is 2.06. The maximum absolute atomic E-state index is 11.1. The van der Waals surface area contributed by atoms with E-state index >= 15 is 0 Å². The van der Waals surface area contributed by atoms with Crippen molar-refractivity contribution in [2.24, 2.45) is 0 Å². The number of rotatable bonds is 11. The zero-order valence-corrected chi connectivity index (χ0v) is 11.6. The molecule has 0 spiro atoms. The summed E-state index contributed by atoms with van der Waals surface area (Å²) in [7, 11) is 0. The average Bonchev–Trinajstić information content (AvgIpc) is 2.26. The quantitative estimate of drug-likeness (QED) is 0.449. The lowest BCUT2D eigenvalue weighted by Gasteiger charge is -2.17. The van der Waals surface area contributed by atoms with Crippen LogP contribution in [0.2, 0.25) is 0 Å². The van der Waals surface area contributed by atoms with Gasteiger partial charge in [-0.1, -0.05) is 52.4 Å². The minimum Gasteiger partial charge on any atom is -0.294 e. The average molecular weight is 249 g/mol. The zero-order valence-electron chi connectivity index (χ0n) is 10.8. The fraction of sp³-hybridized carbons (Fsp3) is 1.00. The van der Waals surface area contributed by atoms with Gasteiger partial charge >= 0.3 is 0 Å². The van der Waals surface area contributed by atoms with Crippen molar-refractivity contribution < 1.29 is 8.76 Å². The Kier molecular flexibility index (Phi) is 11.6. The van der Waals surface area contributed by atoms with Crippen molar-refractivity contribution >= 4 is 11.3 Å². The molecule has 3 nitrogen and oxygen atoms in total. The Morgan fingerprint density at radius 2 is 1.31 bits per heavy atom. The van der Waals surface area contributed by atoms with Crippen molar-refractivity contribution in [3.8, 4) is 0 Å². The molecular formula is C12H27NO2S. The monoisotopic (exact) mass is 249 g/mol. The third-order valence-corrected chi connectivity index (χ3v) is 3.55. The number of hydrogen-bond donors (Lipinski definition) is 1. The first kappa shape index (κ1) is 16.1. The molecule has 0 bridgehead atoms. The molecule has 0 radical (unpaired) electrons. The molecule has 0 heterocycles. The highest BCUT2D eigenvalue weighted by atomic mass is 32.2. The molecule has 1 N–H and O–H groups in total. The van der Waals surface area contributed by atoms with E-state index in [1.165, 1.54) is 38.5 Å². The van der Waals surface area contributed by atoms with Crippen LogP contribution in [0.3, 0.4) is 0 Å². The van der Waals surface area contributed by atoms with Gasteiger partial charge < -0.3 is 0 Å². The number of unbranched alkanes of at least 4 members (excludes halogenated alkanes) is 6. The summed E-state index contributed by atoms with van der Waals surface area (Å²) in [5, 5.41) is 0. The maximum atomic E-state index is 11.1. The van der Waals surface area contributed by atoms with Crippen molar-refractivity contribution in [3.63, 3.8) is 0 Å². The summed E-state index contributed by atoms with van der Waals surface area (Å²) in [6.07, 6.45) is 9.26. The summed E-state index contributed by atoms with van der Waals surface area (Å²) in [4.78, 5) is 0. The molecule has 0 aliphatic carbocycles. The normalized spacial score (nSPS) is 13.2. The van der Waals surface area contributed by atoms with E-state index in [-0.39, 0.29) is 0 Å². The number of hydrogen-bond acceptors (Lipinski definition) is 1. The second-order valence-electron chi connectivity index (χ2n) is 4.28. The fourth-order valence-electron chi connectivity index (χ4n) is 1.70. The van der Waals surface area contributed by atoms with Gasteiger partial charge in [-0.25, -0.2) is 8.51 Å². The highest BCUT2D eigenvalue weighted by molar-refractivity contribution is 7.76. The van der Waals surface area contributed by atoms with Gasteiger partial charge in [-0.3, -0.25) is 4.55 Å². The van der Waals surface area contributed by atoms with Crippen molar-refractivity contribution in [2.75, 3.05) is 13.1 Å². The summed E-state index contributed by atoms with van der Waals surface area (Å²) >= 11 is -1.78. The molecule has 0 aromatic carbocycles. The molecule has 0 aromatic rings. The van der Waals surface area contributed by atoms with Gasteiger partial charge in [0.2, 0.25) is 11.3 Å². The molecule has 4 heteroatoms. The lowest BCUT2D eigenvalue weighted by atomic mass is 10.2. The summed E-state index contributed by atoms with van der Waals surface area (Å²) < 4.78 is 21.9. The molecule has 0 saturated carbocycles. The number of nitrogens with zero attached hydrogens (tertiary/aromatic N) is 1. The molecule has 98 valence electrons. The Morgan fingerprint density at radius 1 is 0.875 bits per heavy atom. The van der Waals surface area contributed by atoms with Crippen molar-refractivity contribution in [1.82, 2.24) is 4.31 Å². The Morgan fingerprint density at radius 3 is 1.62 bits per heavy atom. The molecule has 1 atom stereocenters. The summed E-state index contributed by atoms with van der Waals surface area (Å²) in [6, 6.07) is 0. The Hall–Kier alpha value is 0.0700. The van der Waals surface area contributed by atoms with Crippen LogP contribution in [0.5, 0.6) is 0 Å². The summed E-state index contributed by atoms with van der Waals surface area (Å²) in [5.41, 5.74) is 0. The lowest BCUT2D eigenvalue weighted by molar-refractivity contribution is 0.374. The van der Waals surface area contributed by atoms with E-state index in [1.54, 1.807) is 4.31 Å². The maximum Gasteiger partial charge on any atom is 0.234 e. The Bertz CT molecular complexity index is 164. The first-order valence-electron chi connectivity index (χ1n) is 6.58. The van der Waals surface area contributed by atoms with Gasteiger partial charge in [-0.05, 0) is 12.8 Å². The Labute approximate surface area is 103 Å². The van der Waals surface area contributed by atoms with E-state index < -0.39 is 11.3 Å². The molecule has 0 amide bonds. The third-order valence-electron chi connectivity index (χ3n) is 2.74. The second-order valence-corrected chi connectivity index (χ2v) is 5.26. The Balaban J connectivity index is 3.59. The minimum absolute atomic E-state index is 0.759. The van der Waals surface area contributed by atoms with Crippen LogP contribution in [0, 0.1) is 0 Å². The van der Waals surface area contributed by atoms with E-state index in [0.29, 0.717) is 0 Å². The van der Waals surface area contributed by atoms with Crippen LogP contribution in [-0.2, 0) is 11.3 Å². The first-order chi connectivity index (χ1) is 7.72. The molecule has 0 aromatic heterocycles. The molecule has 16 heavy (non-hydrogen) atoms. The van der Waals surface area contributed by atoms with E-state index in [1.807, 2.05) is 0 Å². The predicted molar refractivity (Wildman–Crippen MR) is 70.6 cm³/mol. The summed E-state index contributed by atoms with van der Waals surface area (Å²) in [6.45, 7) is 5.86. The van der Waals surface area contributed by atoms with Crippen LogP contribution in [0.4, 0.5) is 0 Å². The van der Waals surface area contributed by atoms with E-state index in [4.69, 9.17) is 4.55 Å². The molecule has 1 unspecified atom stereocenters. The van der Waals surface area contributed by atoms with Crippen LogP contribution in [0.1, 0.15) is 65.2 Å². The van der Waals surface area contributed by atoms with E-state index in [0.717, 1.165) is 25.9 Å². The predicted octanol–water partition coefficient (Wildman–Crippen LogP) is 3.59. The van der Waals surface area contributed by atoms with Crippen molar-refractivity contribution in [1.29, 1.82) is 0 Å². The van der Waals surface area contributed by atoms with E-state index in [2.05, 4.69) is 13.8 Å². The van der Waals surface area contributed by atoms with Gasteiger partial charge in [-0.15, -0.1) is 0 Å². The molecule has 0 aliphatic rings. The van der Waals surface area contributed by atoms with Gasteiger partial charge in [0, 0.05) is 13.1 Å². The van der Waals surface area contributed by atoms with E-state index in [9.17, 15) is 4.21 Å².